The standard InChI is InChI=1S/C19H26N4O/c1-5-16-9-6-8-13(2)18(16)23-17(24)10-7-11-20-19-21-14(3)12-15(4)22-19/h6,8-9,12H,5,7,10-11H2,1-4H3,(H,23,24)(H,20,21,22). The fourth-order valence-electron chi connectivity index (χ4n) is 2.66. The number of anilines is 2. The Hall–Kier alpha value is -2.43. The first-order chi connectivity index (χ1) is 11.5. The lowest BCUT2D eigenvalue weighted by Gasteiger charge is -2.13. The average molecular weight is 326 g/mol. The number of nitrogens with zero attached hydrogens (tertiary/aromatic N) is 2. The molecular formula is C19H26N4O. The smallest absolute Gasteiger partial charge is 0.224 e. The molecule has 5 heteroatoms. The topological polar surface area (TPSA) is 66.9 Å². The molecule has 1 amide bonds. The van der Waals surface area contributed by atoms with E-state index in [1.54, 1.807) is 0 Å². The highest BCUT2D eigenvalue weighted by Crippen LogP contribution is 2.21. The third-order valence-electron chi connectivity index (χ3n) is 3.85. The van der Waals surface area contributed by atoms with Gasteiger partial charge in [-0.2, -0.15) is 0 Å². The third kappa shape index (κ3) is 5.05. The molecular weight excluding hydrogens is 300 g/mol. The van der Waals surface area contributed by atoms with Crippen molar-refractivity contribution in [3.05, 3.63) is 46.8 Å². The molecule has 5 nitrogen and oxygen atoms in total. The van der Waals surface area contributed by atoms with E-state index >= 15 is 0 Å². The number of aromatic nitrogens is 2. The van der Waals surface area contributed by atoms with Crippen LogP contribution in [-0.4, -0.2) is 22.4 Å². The van der Waals surface area contributed by atoms with Crippen molar-refractivity contribution >= 4 is 17.5 Å². The first kappa shape index (κ1) is 17.9. The van der Waals surface area contributed by atoms with Crippen LogP contribution >= 0.6 is 0 Å². The number of hydrogen-bond acceptors (Lipinski definition) is 4. The summed E-state index contributed by atoms with van der Waals surface area (Å²) in [5.74, 6) is 0.669. The van der Waals surface area contributed by atoms with Gasteiger partial charge >= 0.3 is 0 Å². The Balaban J connectivity index is 1.82. The Kier molecular flexibility index (Phi) is 6.29. The minimum absolute atomic E-state index is 0.0436. The predicted molar refractivity (Wildman–Crippen MR) is 98.4 cm³/mol. The molecule has 0 aliphatic carbocycles. The van der Waals surface area contributed by atoms with Gasteiger partial charge in [-0.05, 0) is 50.8 Å². The summed E-state index contributed by atoms with van der Waals surface area (Å²) in [6.45, 7) is 8.68. The Morgan fingerprint density at radius 1 is 1.12 bits per heavy atom. The van der Waals surface area contributed by atoms with E-state index in [0.29, 0.717) is 18.9 Å². The van der Waals surface area contributed by atoms with Gasteiger partial charge in [-0.1, -0.05) is 25.1 Å². The van der Waals surface area contributed by atoms with Crippen LogP contribution in [0.25, 0.3) is 0 Å². The van der Waals surface area contributed by atoms with Gasteiger partial charge in [0, 0.05) is 30.0 Å². The molecule has 0 aliphatic rings. The summed E-state index contributed by atoms with van der Waals surface area (Å²) in [4.78, 5) is 20.8. The first-order valence-corrected chi connectivity index (χ1v) is 8.44. The lowest BCUT2D eigenvalue weighted by molar-refractivity contribution is -0.116. The summed E-state index contributed by atoms with van der Waals surface area (Å²) in [6.07, 6.45) is 2.10. The summed E-state index contributed by atoms with van der Waals surface area (Å²) < 4.78 is 0. The van der Waals surface area contributed by atoms with E-state index in [4.69, 9.17) is 0 Å². The maximum atomic E-state index is 12.2. The molecule has 0 bridgehead atoms. The molecule has 0 spiro atoms. The van der Waals surface area contributed by atoms with Crippen molar-refractivity contribution in [2.45, 2.75) is 47.0 Å². The number of nitrogens with one attached hydrogen (secondary N) is 2. The predicted octanol–water partition coefficient (Wildman–Crippen LogP) is 3.80. The second-order valence-electron chi connectivity index (χ2n) is 6.02. The zero-order valence-electron chi connectivity index (χ0n) is 14.9. The second-order valence-corrected chi connectivity index (χ2v) is 6.02. The fourth-order valence-corrected chi connectivity index (χ4v) is 2.66. The quantitative estimate of drug-likeness (QED) is 0.760. The van der Waals surface area contributed by atoms with Gasteiger partial charge in [-0.25, -0.2) is 9.97 Å². The highest BCUT2D eigenvalue weighted by molar-refractivity contribution is 5.92. The first-order valence-electron chi connectivity index (χ1n) is 8.44. The zero-order chi connectivity index (χ0) is 17.5. The van der Waals surface area contributed by atoms with Gasteiger partial charge in [-0.15, -0.1) is 0 Å². The molecule has 0 aliphatic heterocycles. The van der Waals surface area contributed by atoms with Crippen LogP contribution in [0.3, 0.4) is 0 Å². The van der Waals surface area contributed by atoms with Crippen molar-refractivity contribution in [3.63, 3.8) is 0 Å². The van der Waals surface area contributed by atoms with Crippen molar-refractivity contribution in [3.8, 4) is 0 Å². The molecule has 2 N–H and O–H groups in total. The number of aryl methyl sites for hydroxylation is 4. The number of hydrogen-bond donors (Lipinski definition) is 2. The highest BCUT2D eigenvalue weighted by Gasteiger charge is 2.08. The summed E-state index contributed by atoms with van der Waals surface area (Å²) in [5.41, 5.74) is 5.11. The normalized spacial score (nSPS) is 10.5. The maximum Gasteiger partial charge on any atom is 0.224 e. The van der Waals surface area contributed by atoms with Gasteiger partial charge in [0.2, 0.25) is 11.9 Å². The van der Waals surface area contributed by atoms with Crippen LogP contribution in [0.5, 0.6) is 0 Å². The van der Waals surface area contributed by atoms with Crippen LogP contribution in [-0.2, 0) is 11.2 Å². The number of rotatable bonds is 7. The summed E-state index contributed by atoms with van der Waals surface area (Å²) >= 11 is 0. The van der Waals surface area contributed by atoms with Crippen LogP contribution in [0.15, 0.2) is 24.3 Å². The summed E-state index contributed by atoms with van der Waals surface area (Å²) in [6, 6.07) is 8.04. The lowest BCUT2D eigenvalue weighted by Crippen LogP contribution is -2.16. The molecule has 0 atom stereocenters. The Labute approximate surface area is 143 Å². The van der Waals surface area contributed by atoms with Gasteiger partial charge in [0.05, 0.1) is 0 Å². The molecule has 0 saturated heterocycles. The second kappa shape index (κ2) is 8.43. The maximum absolute atomic E-state index is 12.2. The van der Waals surface area contributed by atoms with E-state index in [2.05, 4.69) is 33.6 Å². The number of carbonyl (C=O) groups is 1. The largest absolute Gasteiger partial charge is 0.354 e. The van der Waals surface area contributed by atoms with Gasteiger partial charge in [-0.3, -0.25) is 4.79 Å². The van der Waals surface area contributed by atoms with Crippen molar-refractivity contribution in [2.24, 2.45) is 0 Å². The number of carbonyl (C=O) groups excluding carboxylic acids is 1. The molecule has 2 rings (SSSR count). The average Bonchev–Trinajstić information content (AvgIpc) is 2.52. The lowest BCUT2D eigenvalue weighted by atomic mass is 10.1. The van der Waals surface area contributed by atoms with Crippen molar-refractivity contribution in [1.29, 1.82) is 0 Å². The molecule has 0 unspecified atom stereocenters. The summed E-state index contributed by atoms with van der Waals surface area (Å²) in [5, 5.41) is 6.23. The number of benzene rings is 1. The molecule has 1 heterocycles. The van der Waals surface area contributed by atoms with Gasteiger partial charge in [0.15, 0.2) is 0 Å². The molecule has 0 saturated carbocycles. The minimum Gasteiger partial charge on any atom is -0.354 e. The SMILES string of the molecule is CCc1cccc(C)c1NC(=O)CCCNc1nc(C)cc(C)n1. The van der Waals surface area contributed by atoms with Gasteiger partial charge in [0.1, 0.15) is 0 Å². The fraction of sp³-hybridized carbons (Fsp3) is 0.421. The van der Waals surface area contributed by atoms with Crippen LogP contribution in [0.2, 0.25) is 0 Å². The van der Waals surface area contributed by atoms with E-state index < -0.39 is 0 Å². The van der Waals surface area contributed by atoms with Crippen LogP contribution in [0, 0.1) is 20.8 Å². The van der Waals surface area contributed by atoms with E-state index in [-0.39, 0.29) is 5.91 Å². The van der Waals surface area contributed by atoms with E-state index in [9.17, 15) is 4.79 Å². The highest BCUT2D eigenvalue weighted by atomic mass is 16.1. The van der Waals surface area contributed by atoms with Crippen LogP contribution in [0.1, 0.15) is 42.3 Å². The third-order valence-corrected chi connectivity index (χ3v) is 3.85. The minimum atomic E-state index is 0.0436. The molecule has 0 fully saturated rings. The number of para-hydroxylation sites is 1. The van der Waals surface area contributed by atoms with Crippen LogP contribution in [0.4, 0.5) is 11.6 Å². The molecule has 128 valence electrons. The van der Waals surface area contributed by atoms with Gasteiger partial charge < -0.3 is 10.6 Å². The Bertz CT molecular complexity index is 692. The molecule has 1 aromatic carbocycles. The van der Waals surface area contributed by atoms with E-state index in [1.807, 2.05) is 39.0 Å². The van der Waals surface area contributed by atoms with Gasteiger partial charge in [0.25, 0.3) is 0 Å². The van der Waals surface area contributed by atoms with Crippen molar-refractivity contribution in [2.75, 3.05) is 17.2 Å². The van der Waals surface area contributed by atoms with Crippen LogP contribution < -0.4 is 10.6 Å². The molecule has 24 heavy (non-hydrogen) atoms. The zero-order valence-corrected chi connectivity index (χ0v) is 14.9. The number of amides is 1. The molecule has 1 aromatic heterocycles. The van der Waals surface area contributed by atoms with E-state index in [1.165, 1.54) is 5.56 Å². The van der Waals surface area contributed by atoms with E-state index in [0.717, 1.165) is 35.5 Å². The molecule has 2 aromatic rings. The Morgan fingerprint density at radius 3 is 2.50 bits per heavy atom. The van der Waals surface area contributed by atoms with Crippen molar-refractivity contribution < 1.29 is 4.79 Å². The Morgan fingerprint density at radius 2 is 1.83 bits per heavy atom. The van der Waals surface area contributed by atoms with Crippen molar-refractivity contribution in [1.82, 2.24) is 9.97 Å². The monoisotopic (exact) mass is 326 g/mol. The molecule has 0 radical (unpaired) electrons. The summed E-state index contributed by atoms with van der Waals surface area (Å²) in [7, 11) is 0.